The second-order valence-electron chi connectivity index (χ2n) is 6.16. The van der Waals surface area contributed by atoms with Gasteiger partial charge in [0.1, 0.15) is 5.00 Å². The maximum atomic E-state index is 13.1. The van der Waals surface area contributed by atoms with Crippen LogP contribution in [0.3, 0.4) is 0 Å². The minimum absolute atomic E-state index is 0.0159. The highest BCUT2D eigenvalue weighted by atomic mass is 32.2. The second kappa shape index (κ2) is 7.13. The molecule has 1 aliphatic rings. The number of carbonyl (C=O) groups is 2. The highest BCUT2D eigenvalue weighted by Crippen LogP contribution is 2.38. The molecule has 0 bridgehead atoms. The Labute approximate surface area is 160 Å². The van der Waals surface area contributed by atoms with Gasteiger partial charge < -0.3 is 9.88 Å². The first-order valence-electron chi connectivity index (χ1n) is 8.41. The summed E-state index contributed by atoms with van der Waals surface area (Å²) >= 11 is 3.62. The zero-order valence-corrected chi connectivity index (χ0v) is 16.0. The molecule has 0 saturated carbocycles. The zero-order valence-electron chi connectivity index (χ0n) is 14.3. The average molecular weight is 383 g/mol. The summed E-state index contributed by atoms with van der Waals surface area (Å²) in [7, 11) is 0. The van der Waals surface area contributed by atoms with E-state index in [1.807, 2.05) is 40.9 Å². The van der Waals surface area contributed by atoms with E-state index in [0.717, 1.165) is 28.5 Å². The van der Waals surface area contributed by atoms with Gasteiger partial charge in [0, 0.05) is 34.3 Å². The Bertz CT molecular complexity index is 957. The maximum Gasteiger partial charge on any atom is 0.258 e. The molecule has 0 fully saturated rings. The fourth-order valence-electron chi connectivity index (χ4n) is 3.09. The summed E-state index contributed by atoms with van der Waals surface area (Å²) in [5.41, 5.74) is 3.29. The SMILES string of the molecule is CC(=O)c1ccc(NC(=O)c2c(-n3cccc3)sc3c2CCSC3)cc1. The fourth-order valence-corrected chi connectivity index (χ4v) is 5.53. The Morgan fingerprint density at radius 3 is 2.54 bits per heavy atom. The van der Waals surface area contributed by atoms with Crippen molar-refractivity contribution in [3.05, 3.63) is 70.4 Å². The van der Waals surface area contributed by atoms with Gasteiger partial charge in [-0.1, -0.05) is 0 Å². The van der Waals surface area contributed by atoms with Crippen LogP contribution < -0.4 is 5.32 Å². The van der Waals surface area contributed by atoms with Crippen molar-refractivity contribution < 1.29 is 9.59 Å². The smallest absolute Gasteiger partial charge is 0.258 e. The molecular weight excluding hydrogens is 364 g/mol. The molecule has 0 atom stereocenters. The minimum Gasteiger partial charge on any atom is -0.322 e. The van der Waals surface area contributed by atoms with Crippen LogP contribution in [0, 0.1) is 0 Å². The molecule has 0 radical (unpaired) electrons. The van der Waals surface area contributed by atoms with Gasteiger partial charge in [-0.2, -0.15) is 11.8 Å². The fraction of sp³-hybridized carbons (Fsp3) is 0.200. The third-order valence-corrected chi connectivity index (χ3v) is 6.83. The molecular formula is C20H18N2O2S2. The number of hydrogen-bond acceptors (Lipinski definition) is 4. The predicted molar refractivity (Wildman–Crippen MR) is 108 cm³/mol. The van der Waals surface area contributed by atoms with Crippen molar-refractivity contribution in [2.45, 2.75) is 19.1 Å². The summed E-state index contributed by atoms with van der Waals surface area (Å²) in [6.07, 6.45) is 4.87. The van der Waals surface area contributed by atoms with Gasteiger partial charge in [-0.05, 0) is 61.1 Å². The molecule has 26 heavy (non-hydrogen) atoms. The van der Waals surface area contributed by atoms with Crippen LogP contribution in [0.15, 0.2) is 48.8 Å². The van der Waals surface area contributed by atoms with Crippen LogP contribution in [0.4, 0.5) is 5.69 Å². The number of anilines is 1. The summed E-state index contributed by atoms with van der Waals surface area (Å²) in [5.74, 6) is 1.94. The van der Waals surface area contributed by atoms with Crippen LogP contribution in [-0.2, 0) is 12.2 Å². The number of nitrogens with one attached hydrogen (secondary N) is 1. The van der Waals surface area contributed by atoms with Crippen molar-refractivity contribution >= 4 is 40.5 Å². The number of nitrogens with zero attached hydrogens (tertiary/aromatic N) is 1. The molecule has 4 rings (SSSR count). The molecule has 4 nitrogen and oxygen atoms in total. The number of benzene rings is 1. The molecule has 2 aromatic heterocycles. The van der Waals surface area contributed by atoms with Crippen molar-refractivity contribution in [2.24, 2.45) is 0 Å². The zero-order chi connectivity index (χ0) is 18.1. The standard InChI is InChI=1S/C20H18N2O2S2/c1-13(23)14-4-6-15(7-5-14)21-19(24)18-16-8-11-25-12-17(16)26-20(18)22-9-2-3-10-22/h2-7,9-10H,8,11-12H2,1H3,(H,21,24). The average Bonchev–Trinajstić information content (AvgIpc) is 3.29. The van der Waals surface area contributed by atoms with Crippen LogP contribution >= 0.6 is 23.1 Å². The van der Waals surface area contributed by atoms with Crippen molar-refractivity contribution in [1.29, 1.82) is 0 Å². The molecule has 0 aliphatic carbocycles. The Morgan fingerprint density at radius 1 is 1.12 bits per heavy atom. The number of carbonyl (C=O) groups excluding carboxylic acids is 2. The van der Waals surface area contributed by atoms with E-state index in [1.165, 1.54) is 17.4 Å². The highest BCUT2D eigenvalue weighted by Gasteiger charge is 2.26. The predicted octanol–water partition coefficient (Wildman–Crippen LogP) is 4.78. The van der Waals surface area contributed by atoms with Gasteiger partial charge in [0.15, 0.2) is 5.78 Å². The molecule has 0 saturated heterocycles. The number of hydrogen-bond donors (Lipinski definition) is 1. The van der Waals surface area contributed by atoms with E-state index in [9.17, 15) is 9.59 Å². The molecule has 132 valence electrons. The molecule has 6 heteroatoms. The summed E-state index contributed by atoms with van der Waals surface area (Å²) < 4.78 is 2.02. The number of rotatable bonds is 4. The Kier molecular flexibility index (Phi) is 4.70. The highest BCUT2D eigenvalue weighted by molar-refractivity contribution is 7.98. The number of ketones is 1. The van der Waals surface area contributed by atoms with Gasteiger partial charge >= 0.3 is 0 Å². The van der Waals surface area contributed by atoms with E-state index in [0.29, 0.717) is 11.3 Å². The number of Topliss-reactive ketones (excluding diaryl/α,β-unsaturated/α-hetero) is 1. The summed E-state index contributed by atoms with van der Waals surface area (Å²) in [5, 5.41) is 3.97. The number of aromatic nitrogens is 1. The number of fused-ring (bicyclic) bond motifs is 1. The van der Waals surface area contributed by atoms with E-state index in [1.54, 1.807) is 35.6 Å². The van der Waals surface area contributed by atoms with Crippen LogP contribution in [0.2, 0.25) is 0 Å². The van der Waals surface area contributed by atoms with Crippen molar-refractivity contribution in [3.63, 3.8) is 0 Å². The van der Waals surface area contributed by atoms with Crippen molar-refractivity contribution in [1.82, 2.24) is 4.57 Å². The lowest BCUT2D eigenvalue weighted by molar-refractivity contribution is 0.101. The van der Waals surface area contributed by atoms with Gasteiger partial charge in [-0.25, -0.2) is 0 Å². The van der Waals surface area contributed by atoms with Gasteiger partial charge in [-0.15, -0.1) is 11.3 Å². The lowest BCUT2D eigenvalue weighted by atomic mass is 10.1. The Morgan fingerprint density at radius 2 is 1.85 bits per heavy atom. The van der Waals surface area contributed by atoms with E-state index < -0.39 is 0 Å². The third-order valence-electron chi connectivity index (χ3n) is 4.42. The minimum atomic E-state index is -0.0892. The molecule has 3 aromatic rings. The van der Waals surface area contributed by atoms with Crippen LogP contribution in [0.25, 0.3) is 5.00 Å². The van der Waals surface area contributed by atoms with Gasteiger partial charge in [-0.3, -0.25) is 9.59 Å². The van der Waals surface area contributed by atoms with Crippen LogP contribution in [0.5, 0.6) is 0 Å². The molecule has 3 heterocycles. The van der Waals surface area contributed by atoms with Crippen LogP contribution in [-0.4, -0.2) is 22.0 Å². The third kappa shape index (κ3) is 3.22. The number of amides is 1. The van der Waals surface area contributed by atoms with E-state index in [4.69, 9.17) is 0 Å². The largest absolute Gasteiger partial charge is 0.322 e. The van der Waals surface area contributed by atoms with E-state index in [2.05, 4.69) is 5.32 Å². The first-order chi connectivity index (χ1) is 12.6. The second-order valence-corrected chi connectivity index (χ2v) is 8.35. The lowest BCUT2D eigenvalue weighted by Crippen LogP contribution is -2.16. The molecule has 1 amide bonds. The molecule has 1 N–H and O–H groups in total. The van der Waals surface area contributed by atoms with Crippen LogP contribution in [0.1, 0.15) is 38.1 Å². The van der Waals surface area contributed by atoms with Gasteiger partial charge in [0.2, 0.25) is 0 Å². The topological polar surface area (TPSA) is 51.1 Å². The Hall–Kier alpha value is -2.31. The molecule has 0 spiro atoms. The lowest BCUT2D eigenvalue weighted by Gasteiger charge is -2.13. The van der Waals surface area contributed by atoms with E-state index in [-0.39, 0.29) is 11.7 Å². The monoisotopic (exact) mass is 382 g/mol. The van der Waals surface area contributed by atoms with Gasteiger partial charge in [0.25, 0.3) is 5.91 Å². The summed E-state index contributed by atoms with van der Waals surface area (Å²) in [6.45, 7) is 1.53. The number of thioether (sulfide) groups is 1. The molecule has 1 aliphatic heterocycles. The quantitative estimate of drug-likeness (QED) is 0.661. The summed E-state index contributed by atoms with van der Waals surface area (Å²) in [6, 6.07) is 11.0. The maximum absolute atomic E-state index is 13.1. The van der Waals surface area contributed by atoms with E-state index >= 15 is 0 Å². The van der Waals surface area contributed by atoms with Crippen molar-refractivity contribution in [3.8, 4) is 5.00 Å². The first-order valence-corrected chi connectivity index (χ1v) is 10.4. The Balaban J connectivity index is 1.68. The summed E-state index contributed by atoms with van der Waals surface area (Å²) in [4.78, 5) is 25.8. The van der Waals surface area contributed by atoms with Crippen molar-refractivity contribution in [2.75, 3.05) is 11.1 Å². The van der Waals surface area contributed by atoms with Gasteiger partial charge in [0.05, 0.1) is 5.56 Å². The molecule has 1 aromatic carbocycles. The molecule has 0 unspecified atom stereocenters. The normalized spacial score (nSPS) is 13.3. The first kappa shape index (κ1) is 17.1. The number of thiophene rings is 1.